The third kappa shape index (κ3) is 2.91. The number of hydrogen-bond acceptors (Lipinski definition) is 3. The maximum atomic E-state index is 13.8. The molecule has 0 bridgehead atoms. The number of fused-ring (bicyclic) bond motifs is 2. The molecule has 0 aliphatic carbocycles. The summed E-state index contributed by atoms with van der Waals surface area (Å²) in [5.41, 5.74) is 2.17. The molecule has 0 fully saturated rings. The molecule has 0 spiro atoms. The minimum Gasteiger partial charge on any atom is -0.488 e. The summed E-state index contributed by atoms with van der Waals surface area (Å²) in [4.78, 5) is 12.8. The summed E-state index contributed by atoms with van der Waals surface area (Å²) >= 11 is 6.17. The first-order valence-corrected chi connectivity index (χ1v) is 8.22. The van der Waals surface area contributed by atoms with Gasteiger partial charge in [0.25, 0.3) is 0 Å². The molecule has 0 saturated carbocycles. The van der Waals surface area contributed by atoms with E-state index in [2.05, 4.69) is 5.32 Å². The van der Waals surface area contributed by atoms with Crippen molar-refractivity contribution in [3.8, 4) is 5.75 Å². The highest BCUT2D eigenvalue weighted by Crippen LogP contribution is 2.34. The molecule has 3 aromatic carbocycles. The van der Waals surface area contributed by atoms with Crippen LogP contribution in [-0.2, 0) is 6.61 Å². The molecule has 1 N–H and O–H groups in total. The first kappa shape index (κ1) is 16.5. The van der Waals surface area contributed by atoms with Crippen LogP contribution in [0, 0.1) is 11.6 Å². The minimum atomic E-state index is -0.712. The third-order valence-corrected chi connectivity index (χ3v) is 4.53. The van der Waals surface area contributed by atoms with Crippen LogP contribution < -0.4 is 10.1 Å². The van der Waals surface area contributed by atoms with E-state index >= 15 is 0 Å². The molecule has 1 aliphatic heterocycles. The number of ketones is 1. The van der Waals surface area contributed by atoms with E-state index in [-0.39, 0.29) is 18.1 Å². The highest BCUT2D eigenvalue weighted by molar-refractivity contribution is 6.32. The molecule has 0 atom stereocenters. The lowest BCUT2D eigenvalue weighted by Crippen LogP contribution is -2.03. The summed E-state index contributed by atoms with van der Waals surface area (Å²) in [6.07, 6.45) is 0. The molecule has 3 aromatic rings. The van der Waals surface area contributed by atoms with E-state index in [0.717, 1.165) is 12.1 Å². The fourth-order valence-electron chi connectivity index (χ4n) is 2.87. The molecule has 0 saturated heterocycles. The molecule has 130 valence electrons. The van der Waals surface area contributed by atoms with E-state index in [9.17, 15) is 13.6 Å². The van der Waals surface area contributed by atoms with Gasteiger partial charge in [0.15, 0.2) is 5.78 Å². The van der Waals surface area contributed by atoms with E-state index < -0.39 is 11.6 Å². The number of hydrogen-bond donors (Lipinski definition) is 1. The predicted molar refractivity (Wildman–Crippen MR) is 95.3 cm³/mol. The van der Waals surface area contributed by atoms with Crippen molar-refractivity contribution in [2.75, 3.05) is 5.32 Å². The summed E-state index contributed by atoms with van der Waals surface area (Å²) in [5, 5.41) is 3.33. The molecule has 1 heterocycles. The Morgan fingerprint density at radius 2 is 1.85 bits per heavy atom. The van der Waals surface area contributed by atoms with E-state index in [1.165, 1.54) is 6.07 Å². The molecular weight excluding hydrogens is 360 g/mol. The van der Waals surface area contributed by atoms with Crippen LogP contribution in [0.1, 0.15) is 21.5 Å². The van der Waals surface area contributed by atoms with Gasteiger partial charge in [0.1, 0.15) is 24.0 Å². The normalized spacial score (nSPS) is 12.7. The van der Waals surface area contributed by atoms with Gasteiger partial charge in [-0.15, -0.1) is 0 Å². The first-order chi connectivity index (χ1) is 12.5. The van der Waals surface area contributed by atoms with Gasteiger partial charge in [-0.1, -0.05) is 23.7 Å². The number of benzene rings is 3. The number of ether oxygens (including phenoxy) is 1. The third-order valence-electron chi connectivity index (χ3n) is 4.17. The Labute approximate surface area is 153 Å². The van der Waals surface area contributed by atoms with Crippen LogP contribution in [0.2, 0.25) is 5.02 Å². The van der Waals surface area contributed by atoms with Crippen LogP contribution in [0.4, 0.5) is 20.2 Å². The van der Waals surface area contributed by atoms with Crippen molar-refractivity contribution in [3.63, 3.8) is 0 Å². The van der Waals surface area contributed by atoms with Crippen LogP contribution in [0.25, 0.3) is 0 Å². The fourth-order valence-corrected chi connectivity index (χ4v) is 3.10. The zero-order valence-corrected chi connectivity index (χ0v) is 14.1. The fraction of sp³-hybridized carbons (Fsp3) is 0.0500. The molecule has 26 heavy (non-hydrogen) atoms. The molecule has 6 heteroatoms. The number of rotatable bonds is 2. The van der Waals surface area contributed by atoms with Gasteiger partial charge in [0.05, 0.1) is 11.3 Å². The lowest BCUT2D eigenvalue weighted by Gasteiger charge is -2.11. The summed E-state index contributed by atoms with van der Waals surface area (Å²) in [5.74, 6) is -1.18. The van der Waals surface area contributed by atoms with Gasteiger partial charge in [0, 0.05) is 34.0 Å². The molecule has 3 nitrogen and oxygen atoms in total. The second-order valence-corrected chi connectivity index (χ2v) is 6.25. The number of carbonyl (C=O) groups is 1. The van der Waals surface area contributed by atoms with Crippen molar-refractivity contribution in [2.45, 2.75) is 6.61 Å². The van der Waals surface area contributed by atoms with E-state index in [0.29, 0.717) is 33.1 Å². The number of carbonyl (C=O) groups excluding carboxylic acids is 1. The summed E-state index contributed by atoms with van der Waals surface area (Å²) < 4.78 is 32.6. The van der Waals surface area contributed by atoms with Crippen molar-refractivity contribution < 1.29 is 18.3 Å². The first-order valence-electron chi connectivity index (χ1n) is 7.84. The van der Waals surface area contributed by atoms with Gasteiger partial charge in [-0.3, -0.25) is 4.79 Å². The monoisotopic (exact) mass is 371 g/mol. The average Bonchev–Trinajstić information content (AvgIpc) is 2.76. The van der Waals surface area contributed by atoms with E-state index in [1.807, 2.05) is 0 Å². The van der Waals surface area contributed by atoms with E-state index in [4.69, 9.17) is 16.3 Å². The summed E-state index contributed by atoms with van der Waals surface area (Å²) in [6.45, 7) is 0.155. The van der Waals surface area contributed by atoms with Gasteiger partial charge in [-0.05, 0) is 30.3 Å². The molecular formula is C20H12ClF2NO2. The standard InChI is InChI=1S/C20H12ClF2NO2/c21-16-3-1-2-13-15(16)10-26-19-9-12(5-6-14(19)20(13)25)24-18-7-4-11(22)8-17(18)23/h1-9,24H,10H2. The van der Waals surface area contributed by atoms with E-state index in [1.54, 1.807) is 36.4 Å². The van der Waals surface area contributed by atoms with Crippen LogP contribution >= 0.6 is 11.6 Å². The van der Waals surface area contributed by atoms with Crippen molar-refractivity contribution in [2.24, 2.45) is 0 Å². The van der Waals surface area contributed by atoms with Crippen molar-refractivity contribution in [1.82, 2.24) is 0 Å². The Kier molecular flexibility index (Phi) is 4.09. The van der Waals surface area contributed by atoms with Gasteiger partial charge in [-0.2, -0.15) is 0 Å². The Morgan fingerprint density at radius 1 is 1.00 bits per heavy atom. The predicted octanol–water partition coefficient (Wildman–Crippen LogP) is 5.49. The molecule has 4 rings (SSSR count). The zero-order valence-electron chi connectivity index (χ0n) is 13.4. The molecule has 0 unspecified atom stereocenters. The Morgan fingerprint density at radius 3 is 2.65 bits per heavy atom. The van der Waals surface area contributed by atoms with Gasteiger partial charge < -0.3 is 10.1 Å². The highest BCUT2D eigenvalue weighted by Gasteiger charge is 2.24. The Bertz CT molecular complexity index is 1040. The Hall–Kier alpha value is -2.92. The maximum absolute atomic E-state index is 13.8. The number of halogens is 3. The summed E-state index contributed by atoms with van der Waals surface area (Å²) in [7, 11) is 0. The maximum Gasteiger partial charge on any atom is 0.197 e. The van der Waals surface area contributed by atoms with Crippen LogP contribution in [0.15, 0.2) is 54.6 Å². The van der Waals surface area contributed by atoms with Crippen molar-refractivity contribution >= 4 is 28.8 Å². The molecule has 0 radical (unpaired) electrons. The zero-order chi connectivity index (χ0) is 18.3. The van der Waals surface area contributed by atoms with Crippen LogP contribution in [0.5, 0.6) is 5.75 Å². The Balaban J connectivity index is 1.69. The smallest absolute Gasteiger partial charge is 0.197 e. The SMILES string of the molecule is O=C1c2ccc(Nc3ccc(F)cc3F)cc2OCc2c(Cl)cccc21. The lowest BCUT2D eigenvalue weighted by molar-refractivity contribution is 0.103. The average molecular weight is 372 g/mol. The van der Waals surface area contributed by atoms with Crippen LogP contribution in [0.3, 0.4) is 0 Å². The van der Waals surface area contributed by atoms with Gasteiger partial charge in [0.2, 0.25) is 0 Å². The quantitative estimate of drug-likeness (QED) is 0.647. The van der Waals surface area contributed by atoms with Crippen LogP contribution in [-0.4, -0.2) is 5.78 Å². The molecule has 0 aromatic heterocycles. The largest absolute Gasteiger partial charge is 0.488 e. The number of nitrogens with one attached hydrogen (secondary N) is 1. The summed E-state index contributed by atoms with van der Waals surface area (Å²) in [6, 6.07) is 13.2. The van der Waals surface area contributed by atoms with Crippen molar-refractivity contribution in [3.05, 3.63) is 87.9 Å². The molecule has 1 aliphatic rings. The second-order valence-electron chi connectivity index (χ2n) is 5.84. The highest BCUT2D eigenvalue weighted by atomic mass is 35.5. The lowest BCUT2D eigenvalue weighted by atomic mass is 9.99. The van der Waals surface area contributed by atoms with Crippen molar-refractivity contribution in [1.29, 1.82) is 0 Å². The molecule has 0 amide bonds. The minimum absolute atomic E-state index is 0.123. The van der Waals surface area contributed by atoms with Gasteiger partial charge >= 0.3 is 0 Å². The number of anilines is 2. The second kappa shape index (κ2) is 6.42. The topological polar surface area (TPSA) is 38.3 Å². The van der Waals surface area contributed by atoms with Gasteiger partial charge in [-0.25, -0.2) is 8.78 Å².